The molecule has 0 fully saturated rings. The van der Waals surface area contributed by atoms with Crippen molar-refractivity contribution in [3.8, 4) is 0 Å². The summed E-state index contributed by atoms with van der Waals surface area (Å²) < 4.78 is 1.19. The zero-order chi connectivity index (χ0) is 16.7. The topological polar surface area (TPSA) is 115 Å². The van der Waals surface area contributed by atoms with Crippen molar-refractivity contribution in [1.82, 2.24) is 0 Å². The van der Waals surface area contributed by atoms with Crippen LogP contribution in [0, 0.1) is 5.53 Å². The number of fused-ring (bicyclic) bond motifs is 1. The second-order valence-corrected chi connectivity index (χ2v) is 5.18. The minimum atomic E-state index is -0.964. The van der Waals surface area contributed by atoms with E-state index in [-0.39, 0.29) is 6.67 Å². The number of benzene rings is 1. The first-order valence-electron chi connectivity index (χ1n) is 7.37. The molecule has 0 unspecified atom stereocenters. The van der Waals surface area contributed by atoms with Crippen molar-refractivity contribution >= 4 is 30.2 Å². The number of nitrogens with zero attached hydrogens (tertiary/aromatic N) is 3. The van der Waals surface area contributed by atoms with E-state index in [1.165, 1.54) is 10.9 Å². The molecule has 2 rings (SSSR count). The molecule has 0 bridgehead atoms. The van der Waals surface area contributed by atoms with Crippen molar-refractivity contribution in [3.05, 3.63) is 35.4 Å². The number of carboxylic acids is 1. The highest BCUT2D eigenvalue weighted by Crippen LogP contribution is 2.26. The maximum atomic E-state index is 11.2. The molecule has 0 aliphatic carbocycles. The monoisotopic (exact) mass is 314 g/mol. The molecule has 1 aliphatic rings. The molecule has 1 aromatic carbocycles. The average Bonchev–Trinajstić information content (AvgIpc) is 2.51. The van der Waals surface area contributed by atoms with E-state index in [1.54, 1.807) is 6.08 Å². The molecule has 1 atom stereocenters. The lowest BCUT2D eigenvalue weighted by molar-refractivity contribution is -0.614. The van der Waals surface area contributed by atoms with Crippen LogP contribution in [0.5, 0.6) is 0 Å². The SMILES string of the molecule is N=[N+](CN)CCC[C@H](N=C/C=C/c1ccc2c(c1)N=C2)C(=O)O. The van der Waals surface area contributed by atoms with Crippen molar-refractivity contribution in [2.24, 2.45) is 15.7 Å². The fraction of sp³-hybridized carbons (Fsp3) is 0.312. The van der Waals surface area contributed by atoms with Crippen LogP contribution in [-0.2, 0) is 4.79 Å². The highest BCUT2D eigenvalue weighted by Gasteiger charge is 2.15. The number of allylic oxidation sites excluding steroid dienone is 1. The summed E-state index contributed by atoms with van der Waals surface area (Å²) in [7, 11) is 0. The Hall–Kier alpha value is -2.67. The highest BCUT2D eigenvalue weighted by molar-refractivity contribution is 5.97. The zero-order valence-corrected chi connectivity index (χ0v) is 12.7. The number of nitrogens with one attached hydrogen (secondary N) is 1. The first-order chi connectivity index (χ1) is 11.1. The molecule has 0 aromatic heterocycles. The fourth-order valence-corrected chi connectivity index (χ4v) is 2.09. The van der Waals surface area contributed by atoms with E-state index in [0.717, 1.165) is 16.8 Å². The molecular formula is C16H20N5O2+. The summed E-state index contributed by atoms with van der Waals surface area (Å²) in [5.41, 5.74) is 15.8. The molecule has 0 saturated carbocycles. The molecule has 120 valence electrons. The number of hydrogen-bond donors (Lipinski definition) is 3. The molecule has 7 nitrogen and oxygen atoms in total. The summed E-state index contributed by atoms with van der Waals surface area (Å²) in [6.07, 6.45) is 7.82. The zero-order valence-electron chi connectivity index (χ0n) is 12.7. The third-order valence-electron chi connectivity index (χ3n) is 3.45. The number of nitrogens with two attached hydrogens (primary N) is 1. The van der Waals surface area contributed by atoms with Gasteiger partial charge in [0, 0.05) is 24.4 Å². The van der Waals surface area contributed by atoms with Gasteiger partial charge in [0.05, 0.1) is 5.69 Å². The van der Waals surface area contributed by atoms with Crippen molar-refractivity contribution < 1.29 is 14.6 Å². The largest absolute Gasteiger partial charge is 0.480 e. The van der Waals surface area contributed by atoms with E-state index >= 15 is 0 Å². The Morgan fingerprint density at radius 2 is 2.35 bits per heavy atom. The average molecular weight is 314 g/mol. The molecular weight excluding hydrogens is 294 g/mol. The van der Waals surface area contributed by atoms with Crippen LogP contribution in [0.1, 0.15) is 24.0 Å². The Balaban J connectivity index is 1.85. The minimum absolute atomic E-state index is 0.133. The van der Waals surface area contributed by atoms with Gasteiger partial charge in [0.2, 0.25) is 6.67 Å². The van der Waals surface area contributed by atoms with Crippen LogP contribution >= 0.6 is 0 Å². The van der Waals surface area contributed by atoms with Crippen LogP contribution in [0.4, 0.5) is 5.69 Å². The summed E-state index contributed by atoms with van der Waals surface area (Å²) in [4.78, 5) is 19.4. The summed E-state index contributed by atoms with van der Waals surface area (Å²) in [5, 5.41) is 9.15. The molecule has 23 heavy (non-hydrogen) atoms. The lowest BCUT2D eigenvalue weighted by Gasteiger charge is -2.08. The van der Waals surface area contributed by atoms with Crippen LogP contribution in [0.3, 0.4) is 0 Å². The maximum Gasteiger partial charge on any atom is 0.328 e. The number of aliphatic carboxylic acids is 1. The summed E-state index contributed by atoms with van der Waals surface area (Å²) in [6, 6.07) is 5.12. The number of carbonyl (C=O) groups is 1. The van der Waals surface area contributed by atoms with E-state index < -0.39 is 12.0 Å². The van der Waals surface area contributed by atoms with Gasteiger partial charge in [0.15, 0.2) is 6.54 Å². The van der Waals surface area contributed by atoms with E-state index in [4.69, 9.17) is 16.4 Å². The van der Waals surface area contributed by atoms with Gasteiger partial charge in [0.25, 0.3) is 0 Å². The second-order valence-electron chi connectivity index (χ2n) is 5.18. The molecule has 0 spiro atoms. The van der Waals surface area contributed by atoms with Crippen LogP contribution in [0.15, 0.2) is 34.3 Å². The maximum absolute atomic E-state index is 11.2. The summed E-state index contributed by atoms with van der Waals surface area (Å²) >= 11 is 0. The summed E-state index contributed by atoms with van der Waals surface area (Å²) in [6.45, 7) is 0.565. The number of carboxylic acid groups (broad SMARTS) is 1. The van der Waals surface area contributed by atoms with Crippen molar-refractivity contribution in [2.45, 2.75) is 18.9 Å². The van der Waals surface area contributed by atoms with E-state index in [0.29, 0.717) is 19.4 Å². The Kier molecular flexibility index (Phi) is 5.87. The first-order valence-corrected chi connectivity index (χ1v) is 7.37. The predicted molar refractivity (Wildman–Crippen MR) is 88.8 cm³/mol. The second kappa shape index (κ2) is 8.09. The molecule has 0 saturated heterocycles. The van der Waals surface area contributed by atoms with Gasteiger partial charge in [-0.15, -0.1) is 4.70 Å². The lowest BCUT2D eigenvalue weighted by atomic mass is 10.1. The molecule has 1 aromatic rings. The Bertz CT molecular complexity index is 679. The van der Waals surface area contributed by atoms with E-state index in [1.807, 2.05) is 30.5 Å². The van der Waals surface area contributed by atoms with Crippen LogP contribution < -0.4 is 5.73 Å². The normalized spacial score (nSPS) is 14.0. The molecule has 4 N–H and O–H groups in total. The molecule has 0 radical (unpaired) electrons. The Labute approximate surface area is 134 Å². The smallest absolute Gasteiger partial charge is 0.328 e. The van der Waals surface area contributed by atoms with E-state index in [9.17, 15) is 4.79 Å². The lowest BCUT2D eigenvalue weighted by Crippen LogP contribution is -2.22. The standard InChI is InChI=1S/C16H19N5O2/c17-11-21(18)8-2-4-14(16(22)23)19-7-1-3-12-5-6-13-10-20-15(13)9-12/h1,3,5-7,9-10,14,18H,2,4,8,11,17H2/p+1/b3-1+,19-7?,21-18?/t14-/m0/s1. The Morgan fingerprint density at radius 3 is 2.96 bits per heavy atom. The first kappa shape index (κ1) is 16.7. The van der Waals surface area contributed by atoms with Gasteiger partial charge in [-0.05, 0) is 24.1 Å². The van der Waals surface area contributed by atoms with Crippen LogP contribution in [0.25, 0.3) is 6.08 Å². The van der Waals surface area contributed by atoms with E-state index in [2.05, 4.69) is 9.98 Å². The summed E-state index contributed by atoms with van der Waals surface area (Å²) in [5.74, 6) is -0.964. The Morgan fingerprint density at radius 1 is 1.52 bits per heavy atom. The van der Waals surface area contributed by atoms with Crippen LogP contribution in [0.2, 0.25) is 0 Å². The number of hydrogen-bond acceptors (Lipinski definition) is 5. The quantitative estimate of drug-likeness (QED) is 0.284. The van der Waals surface area contributed by atoms with Crippen molar-refractivity contribution in [2.75, 3.05) is 13.2 Å². The van der Waals surface area contributed by atoms with Crippen molar-refractivity contribution in [1.29, 1.82) is 5.53 Å². The number of aliphatic imine (C=N–C) groups is 2. The third kappa shape index (κ3) is 4.93. The minimum Gasteiger partial charge on any atom is -0.480 e. The number of rotatable bonds is 9. The van der Waals surface area contributed by atoms with Gasteiger partial charge in [-0.2, -0.15) is 0 Å². The van der Waals surface area contributed by atoms with Gasteiger partial charge in [-0.1, -0.05) is 23.7 Å². The van der Waals surface area contributed by atoms with Gasteiger partial charge in [0.1, 0.15) is 6.04 Å². The third-order valence-corrected chi connectivity index (χ3v) is 3.45. The van der Waals surface area contributed by atoms with Crippen LogP contribution in [-0.4, -0.2) is 47.5 Å². The molecule has 1 heterocycles. The van der Waals surface area contributed by atoms with Crippen molar-refractivity contribution in [3.63, 3.8) is 0 Å². The molecule has 7 heteroatoms. The van der Waals surface area contributed by atoms with Gasteiger partial charge < -0.3 is 5.11 Å². The predicted octanol–water partition coefficient (Wildman–Crippen LogP) is 2.03. The molecule has 1 aliphatic heterocycles. The molecule has 0 amide bonds. The van der Waals surface area contributed by atoms with Gasteiger partial charge in [-0.3, -0.25) is 15.7 Å². The fourth-order valence-electron chi connectivity index (χ4n) is 2.09. The highest BCUT2D eigenvalue weighted by atomic mass is 16.4. The van der Waals surface area contributed by atoms with Gasteiger partial charge >= 0.3 is 5.97 Å². The van der Waals surface area contributed by atoms with Gasteiger partial charge in [-0.25, -0.2) is 4.79 Å².